The number of nitrogen functional groups attached to an aromatic ring is 1. The Balaban J connectivity index is 2.99. The van der Waals surface area contributed by atoms with E-state index in [0.717, 1.165) is 12.1 Å². The van der Waals surface area contributed by atoms with Gasteiger partial charge in [-0.3, -0.25) is 4.79 Å². The van der Waals surface area contributed by atoms with Gasteiger partial charge < -0.3 is 16.0 Å². The number of hydrogen-bond donors (Lipinski definition) is 2. The summed E-state index contributed by atoms with van der Waals surface area (Å²) < 4.78 is 0. The minimum Gasteiger partial charge on any atom is -0.397 e. The van der Waals surface area contributed by atoms with E-state index in [9.17, 15) is 4.79 Å². The average molecular weight is 256 g/mol. The van der Waals surface area contributed by atoms with Crippen LogP contribution in [0.25, 0.3) is 0 Å². The molecule has 0 aliphatic heterocycles. The number of nitrogens with two attached hydrogens (primary N) is 1. The van der Waals surface area contributed by atoms with E-state index in [-0.39, 0.29) is 5.91 Å². The highest BCUT2D eigenvalue weighted by Gasteiger charge is 2.10. The van der Waals surface area contributed by atoms with Crippen molar-refractivity contribution in [2.45, 2.75) is 19.8 Å². The zero-order valence-electron chi connectivity index (χ0n) is 10.4. The largest absolute Gasteiger partial charge is 0.397 e. The van der Waals surface area contributed by atoms with Crippen molar-refractivity contribution in [1.82, 2.24) is 0 Å². The van der Waals surface area contributed by atoms with E-state index in [1.807, 2.05) is 25.9 Å². The summed E-state index contributed by atoms with van der Waals surface area (Å²) in [5, 5.41) is 3.24. The first-order chi connectivity index (χ1) is 7.95. The number of carbonyl (C=O) groups excluding carboxylic acids is 1. The number of hydrogen-bond acceptors (Lipinski definition) is 3. The van der Waals surface area contributed by atoms with Crippen LogP contribution in [0.3, 0.4) is 0 Å². The first-order valence-corrected chi connectivity index (χ1v) is 5.89. The minimum absolute atomic E-state index is 0.0381. The third-order valence-corrected chi connectivity index (χ3v) is 2.66. The molecule has 0 aliphatic carbocycles. The molecule has 0 heterocycles. The van der Waals surface area contributed by atoms with Gasteiger partial charge in [-0.25, -0.2) is 0 Å². The number of nitrogens with zero attached hydrogens (tertiary/aromatic N) is 1. The number of anilines is 3. The second-order valence-electron chi connectivity index (χ2n) is 4.08. The van der Waals surface area contributed by atoms with Crippen molar-refractivity contribution in [3.05, 3.63) is 17.2 Å². The Kier molecular flexibility index (Phi) is 4.63. The molecule has 0 aliphatic rings. The fourth-order valence-corrected chi connectivity index (χ4v) is 1.72. The van der Waals surface area contributed by atoms with Gasteiger partial charge >= 0.3 is 0 Å². The van der Waals surface area contributed by atoms with Crippen LogP contribution in [0.15, 0.2) is 12.1 Å². The Morgan fingerprint density at radius 2 is 2.12 bits per heavy atom. The summed E-state index contributed by atoms with van der Waals surface area (Å²) in [5.41, 5.74) is 7.87. The van der Waals surface area contributed by atoms with Gasteiger partial charge in [0.05, 0.1) is 22.1 Å². The lowest BCUT2D eigenvalue weighted by Crippen LogP contribution is -2.14. The third kappa shape index (κ3) is 3.53. The van der Waals surface area contributed by atoms with Gasteiger partial charge in [-0.2, -0.15) is 0 Å². The van der Waals surface area contributed by atoms with Gasteiger partial charge in [-0.1, -0.05) is 18.5 Å². The summed E-state index contributed by atoms with van der Waals surface area (Å²) in [6.07, 6.45) is 1.29. The van der Waals surface area contributed by atoms with Gasteiger partial charge in [0.2, 0.25) is 5.91 Å². The van der Waals surface area contributed by atoms with E-state index in [1.54, 1.807) is 12.1 Å². The molecule has 4 nitrogen and oxygen atoms in total. The number of halogens is 1. The topological polar surface area (TPSA) is 58.4 Å². The lowest BCUT2D eigenvalue weighted by molar-refractivity contribution is -0.116. The molecule has 5 heteroatoms. The van der Waals surface area contributed by atoms with Gasteiger partial charge in [0.1, 0.15) is 0 Å². The molecule has 0 bridgehead atoms. The van der Waals surface area contributed by atoms with Crippen molar-refractivity contribution in [3.8, 4) is 0 Å². The van der Waals surface area contributed by atoms with Crippen LogP contribution in [0.1, 0.15) is 19.8 Å². The average Bonchev–Trinajstić information content (AvgIpc) is 2.21. The van der Waals surface area contributed by atoms with Crippen molar-refractivity contribution in [2.24, 2.45) is 0 Å². The lowest BCUT2D eigenvalue weighted by atomic mass is 10.2. The molecule has 0 spiro atoms. The summed E-state index contributed by atoms with van der Waals surface area (Å²) in [7, 11) is 3.77. The number of rotatable bonds is 4. The summed E-state index contributed by atoms with van der Waals surface area (Å²) in [4.78, 5) is 13.4. The number of benzene rings is 1. The van der Waals surface area contributed by atoms with Crippen LogP contribution in [0.5, 0.6) is 0 Å². The Morgan fingerprint density at radius 3 is 2.65 bits per heavy atom. The van der Waals surface area contributed by atoms with Crippen LogP contribution in [0.4, 0.5) is 17.1 Å². The maximum Gasteiger partial charge on any atom is 0.224 e. The summed E-state index contributed by atoms with van der Waals surface area (Å²) >= 11 is 6.04. The van der Waals surface area contributed by atoms with Crippen LogP contribution in [0, 0.1) is 0 Å². The molecule has 1 aromatic carbocycles. The fourth-order valence-electron chi connectivity index (χ4n) is 1.50. The molecule has 0 radical (unpaired) electrons. The molecule has 3 N–H and O–H groups in total. The highest BCUT2D eigenvalue weighted by molar-refractivity contribution is 6.34. The number of amides is 1. The molecular weight excluding hydrogens is 238 g/mol. The Bertz CT molecular complexity index is 418. The molecule has 1 aromatic rings. The van der Waals surface area contributed by atoms with Gasteiger partial charge in [-0.05, 0) is 18.6 Å². The van der Waals surface area contributed by atoms with Gasteiger partial charge in [0.15, 0.2) is 0 Å². The van der Waals surface area contributed by atoms with Crippen LogP contribution < -0.4 is 16.0 Å². The molecule has 0 fully saturated rings. The zero-order chi connectivity index (χ0) is 13.0. The molecule has 17 heavy (non-hydrogen) atoms. The number of carbonyl (C=O) groups is 1. The Morgan fingerprint density at radius 1 is 1.47 bits per heavy atom. The molecule has 0 unspecified atom stereocenters. The predicted octanol–water partition coefficient (Wildman–Crippen LogP) is 2.73. The summed E-state index contributed by atoms with van der Waals surface area (Å²) in [6, 6.07) is 3.43. The predicted molar refractivity (Wildman–Crippen MR) is 73.7 cm³/mol. The van der Waals surface area contributed by atoms with Crippen LogP contribution >= 0.6 is 11.6 Å². The molecule has 0 saturated carbocycles. The molecule has 0 aromatic heterocycles. The number of nitrogens with one attached hydrogen (secondary N) is 1. The zero-order valence-corrected chi connectivity index (χ0v) is 11.1. The van der Waals surface area contributed by atoms with Crippen molar-refractivity contribution >= 4 is 34.6 Å². The summed E-state index contributed by atoms with van der Waals surface area (Å²) in [5.74, 6) is -0.0381. The second-order valence-corrected chi connectivity index (χ2v) is 4.49. The Hall–Kier alpha value is -1.42. The molecule has 1 amide bonds. The van der Waals surface area contributed by atoms with Crippen molar-refractivity contribution in [3.63, 3.8) is 0 Å². The summed E-state index contributed by atoms with van der Waals surface area (Å²) in [6.45, 7) is 1.95. The normalized spacial score (nSPS) is 10.1. The van der Waals surface area contributed by atoms with E-state index < -0.39 is 0 Å². The maximum atomic E-state index is 11.5. The molecule has 94 valence electrons. The van der Waals surface area contributed by atoms with Crippen molar-refractivity contribution in [1.29, 1.82) is 0 Å². The maximum absolute atomic E-state index is 11.5. The fraction of sp³-hybridized carbons (Fsp3) is 0.417. The van der Waals surface area contributed by atoms with Crippen LogP contribution in [-0.4, -0.2) is 20.0 Å². The SMILES string of the molecule is CCCC(=O)Nc1cc(N(C)C)c(N)cc1Cl. The highest BCUT2D eigenvalue weighted by atomic mass is 35.5. The van der Waals surface area contributed by atoms with Gasteiger partial charge in [0, 0.05) is 20.5 Å². The second kappa shape index (κ2) is 5.77. The minimum atomic E-state index is -0.0381. The molecule has 0 atom stereocenters. The first kappa shape index (κ1) is 13.6. The monoisotopic (exact) mass is 255 g/mol. The molecule has 0 saturated heterocycles. The van der Waals surface area contributed by atoms with Gasteiger partial charge in [0.25, 0.3) is 0 Å². The van der Waals surface area contributed by atoms with Crippen molar-refractivity contribution < 1.29 is 4.79 Å². The lowest BCUT2D eigenvalue weighted by Gasteiger charge is -2.18. The van der Waals surface area contributed by atoms with E-state index >= 15 is 0 Å². The van der Waals surface area contributed by atoms with E-state index in [2.05, 4.69) is 5.32 Å². The highest BCUT2D eigenvalue weighted by Crippen LogP contribution is 2.32. The third-order valence-electron chi connectivity index (χ3n) is 2.35. The van der Waals surface area contributed by atoms with E-state index in [1.165, 1.54) is 0 Å². The standard InChI is InChI=1S/C12H18ClN3O/c1-4-5-12(17)15-10-7-11(16(2)3)9(14)6-8(10)13/h6-7H,4-5,14H2,1-3H3,(H,15,17). The quantitative estimate of drug-likeness (QED) is 0.814. The van der Waals surface area contributed by atoms with E-state index in [4.69, 9.17) is 17.3 Å². The van der Waals surface area contributed by atoms with Crippen LogP contribution in [-0.2, 0) is 4.79 Å². The molecule has 1 rings (SSSR count). The Labute approximate surface area is 107 Å². The van der Waals surface area contributed by atoms with Crippen molar-refractivity contribution in [2.75, 3.05) is 30.0 Å². The van der Waals surface area contributed by atoms with Gasteiger partial charge in [-0.15, -0.1) is 0 Å². The van der Waals surface area contributed by atoms with Crippen LogP contribution in [0.2, 0.25) is 5.02 Å². The first-order valence-electron chi connectivity index (χ1n) is 5.52. The smallest absolute Gasteiger partial charge is 0.224 e. The molecular formula is C12H18ClN3O. The van der Waals surface area contributed by atoms with E-state index in [0.29, 0.717) is 22.8 Å².